The largest absolute Gasteiger partial charge is 0.490 e. The summed E-state index contributed by atoms with van der Waals surface area (Å²) in [6.07, 6.45) is 0.522. The molecule has 2 aromatic rings. The van der Waals surface area contributed by atoms with E-state index in [2.05, 4.69) is 12.1 Å². The van der Waals surface area contributed by atoms with Crippen molar-refractivity contribution < 1.29 is 18.9 Å². The second-order valence-electron chi connectivity index (χ2n) is 5.14. The smallest absolute Gasteiger partial charge is 0.127 e. The Morgan fingerprint density at radius 3 is 1.65 bits per heavy atom. The van der Waals surface area contributed by atoms with Gasteiger partial charge in [-0.2, -0.15) is 0 Å². The molecule has 0 bridgehead atoms. The van der Waals surface area contributed by atoms with Crippen molar-refractivity contribution in [3.05, 3.63) is 36.4 Å². The summed E-state index contributed by atoms with van der Waals surface area (Å²) in [5.41, 5.74) is 0. The van der Waals surface area contributed by atoms with Crippen LogP contribution in [-0.2, 0) is 9.47 Å². The van der Waals surface area contributed by atoms with Gasteiger partial charge in [0.25, 0.3) is 0 Å². The van der Waals surface area contributed by atoms with Gasteiger partial charge < -0.3 is 18.9 Å². The van der Waals surface area contributed by atoms with E-state index in [1.807, 2.05) is 24.3 Å². The zero-order chi connectivity index (χ0) is 13.4. The highest BCUT2D eigenvalue weighted by Crippen LogP contribution is 2.33. The molecule has 2 fully saturated rings. The van der Waals surface area contributed by atoms with Crippen molar-refractivity contribution >= 4 is 10.8 Å². The predicted octanol–water partition coefficient (Wildman–Crippen LogP) is 2.40. The maximum absolute atomic E-state index is 5.83. The molecule has 2 aliphatic rings. The standard InChI is InChI=1S/C16H16O4/c1-3-13-14(15(5-1)19-9-11-7-17-11)4-2-6-16(13)20-10-12-8-18-12/h1-6,11-12H,7-10H2. The fourth-order valence-corrected chi connectivity index (χ4v) is 2.20. The summed E-state index contributed by atoms with van der Waals surface area (Å²) in [4.78, 5) is 0. The summed E-state index contributed by atoms with van der Waals surface area (Å²) >= 11 is 0. The fourth-order valence-electron chi connectivity index (χ4n) is 2.20. The van der Waals surface area contributed by atoms with Gasteiger partial charge in [-0.1, -0.05) is 24.3 Å². The third-order valence-corrected chi connectivity index (χ3v) is 3.50. The van der Waals surface area contributed by atoms with Crippen molar-refractivity contribution in [2.24, 2.45) is 0 Å². The van der Waals surface area contributed by atoms with Crippen molar-refractivity contribution in [1.29, 1.82) is 0 Å². The number of hydrogen-bond acceptors (Lipinski definition) is 4. The quantitative estimate of drug-likeness (QED) is 0.757. The van der Waals surface area contributed by atoms with E-state index in [1.165, 1.54) is 0 Å². The summed E-state index contributed by atoms with van der Waals surface area (Å²) in [5, 5.41) is 2.14. The zero-order valence-electron chi connectivity index (χ0n) is 11.1. The molecule has 0 spiro atoms. The third-order valence-electron chi connectivity index (χ3n) is 3.50. The Kier molecular flexibility index (Phi) is 2.98. The minimum absolute atomic E-state index is 0.261. The van der Waals surface area contributed by atoms with E-state index in [9.17, 15) is 0 Å². The van der Waals surface area contributed by atoms with Crippen LogP contribution >= 0.6 is 0 Å². The highest BCUT2D eigenvalue weighted by molar-refractivity contribution is 5.93. The second-order valence-corrected chi connectivity index (χ2v) is 5.14. The normalized spacial score (nSPS) is 23.6. The van der Waals surface area contributed by atoms with Crippen LogP contribution in [0, 0.1) is 0 Å². The monoisotopic (exact) mass is 272 g/mol. The Labute approximate surface area is 117 Å². The lowest BCUT2D eigenvalue weighted by molar-refractivity contribution is 0.263. The molecule has 4 heteroatoms. The van der Waals surface area contributed by atoms with Crippen LogP contribution in [0.5, 0.6) is 11.5 Å². The van der Waals surface area contributed by atoms with E-state index in [0.717, 1.165) is 35.5 Å². The number of rotatable bonds is 6. The molecule has 2 unspecified atom stereocenters. The first-order chi connectivity index (χ1) is 9.90. The van der Waals surface area contributed by atoms with Crippen molar-refractivity contribution in [3.8, 4) is 11.5 Å². The zero-order valence-corrected chi connectivity index (χ0v) is 11.1. The molecule has 104 valence electrons. The van der Waals surface area contributed by atoms with Gasteiger partial charge >= 0.3 is 0 Å². The van der Waals surface area contributed by atoms with E-state index in [0.29, 0.717) is 13.2 Å². The molecule has 2 heterocycles. The molecule has 2 aromatic carbocycles. The average Bonchev–Trinajstić information content (AvgIpc) is 3.37. The molecule has 0 radical (unpaired) electrons. The summed E-state index contributed by atoms with van der Waals surface area (Å²) < 4.78 is 22.0. The molecule has 0 N–H and O–H groups in total. The van der Waals surface area contributed by atoms with Crippen LogP contribution in [-0.4, -0.2) is 38.6 Å². The summed E-state index contributed by atoms with van der Waals surface area (Å²) in [7, 11) is 0. The number of ether oxygens (including phenoxy) is 4. The molecule has 2 atom stereocenters. The molecule has 0 amide bonds. The van der Waals surface area contributed by atoms with Gasteiger partial charge in [0.2, 0.25) is 0 Å². The molecule has 2 aliphatic heterocycles. The summed E-state index contributed by atoms with van der Waals surface area (Å²) in [5.74, 6) is 1.76. The first-order valence-electron chi connectivity index (χ1n) is 6.91. The van der Waals surface area contributed by atoms with E-state index >= 15 is 0 Å². The fraction of sp³-hybridized carbons (Fsp3) is 0.375. The van der Waals surface area contributed by atoms with Gasteiger partial charge in [0.05, 0.1) is 13.2 Å². The maximum Gasteiger partial charge on any atom is 0.127 e. The van der Waals surface area contributed by atoms with Crippen molar-refractivity contribution in [3.63, 3.8) is 0 Å². The Hall–Kier alpha value is -1.78. The molecule has 4 rings (SSSR count). The van der Waals surface area contributed by atoms with Gasteiger partial charge in [-0.05, 0) is 12.1 Å². The van der Waals surface area contributed by atoms with Gasteiger partial charge in [-0.25, -0.2) is 0 Å². The molecule has 0 aromatic heterocycles. The van der Waals surface area contributed by atoms with Gasteiger partial charge in [0.15, 0.2) is 0 Å². The van der Waals surface area contributed by atoms with Crippen LogP contribution in [0.15, 0.2) is 36.4 Å². The first kappa shape index (κ1) is 12.0. The van der Waals surface area contributed by atoms with Crippen LogP contribution in [0.25, 0.3) is 10.8 Å². The minimum atomic E-state index is 0.261. The van der Waals surface area contributed by atoms with Crippen LogP contribution in [0.4, 0.5) is 0 Å². The number of epoxide rings is 2. The molecule has 0 aliphatic carbocycles. The van der Waals surface area contributed by atoms with E-state index < -0.39 is 0 Å². The van der Waals surface area contributed by atoms with E-state index in [-0.39, 0.29) is 12.2 Å². The molecule has 2 saturated heterocycles. The van der Waals surface area contributed by atoms with Gasteiger partial charge in [0, 0.05) is 10.8 Å². The summed E-state index contributed by atoms with van der Waals surface area (Å²) in [6.45, 7) is 2.83. The van der Waals surface area contributed by atoms with Crippen molar-refractivity contribution in [2.45, 2.75) is 12.2 Å². The Bertz CT molecular complexity index is 562. The molecule has 0 saturated carbocycles. The van der Waals surface area contributed by atoms with Crippen molar-refractivity contribution in [2.75, 3.05) is 26.4 Å². The topological polar surface area (TPSA) is 43.5 Å². The SMILES string of the molecule is c1cc(OCC2CO2)c2cccc(OCC3CO3)c2c1. The Balaban J connectivity index is 1.60. The van der Waals surface area contributed by atoms with Gasteiger partial charge in [-0.3, -0.25) is 0 Å². The van der Waals surface area contributed by atoms with Gasteiger partial charge in [0.1, 0.15) is 36.9 Å². The van der Waals surface area contributed by atoms with Gasteiger partial charge in [-0.15, -0.1) is 0 Å². The summed E-state index contributed by atoms with van der Waals surface area (Å²) in [6, 6.07) is 12.1. The lowest BCUT2D eigenvalue weighted by Crippen LogP contribution is -2.05. The molecule has 4 nitrogen and oxygen atoms in total. The van der Waals surface area contributed by atoms with Crippen LogP contribution in [0.3, 0.4) is 0 Å². The molecular formula is C16H16O4. The Morgan fingerprint density at radius 1 is 0.800 bits per heavy atom. The van der Waals surface area contributed by atoms with Crippen LogP contribution in [0.1, 0.15) is 0 Å². The van der Waals surface area contributed by atoms with E-state index in [1.54, 1.807) is 0 Å². The van der Waals surface area contributed by atoms with Crippen LogP contribution < -0.4 is 9.47 Å². The Morgan fingerprint density at radius 2 is 1.25 bits per heavy atom. The van der Waals surface area contributed by atoms with E-state index in [4.69, 9.17) is 18.9 Å². The highest BCUT2D eigenvalue weighted by Gasteiger charge is 2.24. The van der Waals surface area contributed by atoms with Crippen LogP contribution in [0.2, 0.25) is 0 Å². The van der Waals surface area contributed by atoms with Crippen molar-refractivity contribution in [1.82, 2.24) is 0 Å². The predicted molar refractivity (Wildman–Crippen MR) is 74.4 cm³/mol. The first-order valence-corrected chi connectivity index (χ1v) is 6.91. The highest BCUT2D eigenvalue weighted by atomic mass is 16.6. The number of hydrogen-bond donors (Lipinski definition) is 0. The number of fused-ring (bicyclic) bond motifs is 1. The number of benzene rings is 2. The minimum Gasteiger partial charge on any atom is -0.490 e. The lowest BCUT2D eigenvalue weighted by atomic mass is 10.1. The molecule has 20 heavy (non-hydrogen) atoms. The molecular weight excluding hydrogens is 256 g/mol. The average molecular weight is 272 g/mol. The second kappa shape index (κ2) is 4.96. The third kappa shape index (κ3) is 2.57. The lowest BCUT2D eigenvalue weighted by Gasteiger charge is -2.11. The maximum atomic E-state index is 5.83.